The first-order valence-corrected chi connectivity index (χ1v) is 8.20. The molecule has 19 heavy (non-hydrogen) atoms. The van der Waals surface area contributed by atoms with Crippen LogP contribution in [0.5, 0.6) is 0 Å². The van der Waals surface area contributed by atoms with Crippen molar-refractivity contribution >= 4 is 16.3 Å². The van der Waals surface area contributed by atoms with Crippen LogP contribution in [0.3, 0.4) is 0 Å². The smallest absolute Gasteiger partial charge is 0.0891 e. The fraction of sp³-hybridized carbons (Fsp3) is 0.412. The highest BCUT2D eigenvalue weighted by Gasteiger charge is 2.12. The lowest BCUT2D eigenvalue weighted by Crippen LogP contribution is -2.17. The Morgan fingerprint density at radius 1 is 0.895 bits per heavy atom. The van der Waals surface area contributed by atoms with Crippen molar-refractivity contribution < 1.29 is 0 Å². The molecule has 0 aliphatic heterocycles. The maximum atomic E-state index is 3.73. The van der Waals surface area contributed by atoms with E-state index in [-0.39, 0.29) is 0 Å². The normalized spacial score (nSPS) is 17.1. The molecule has 1 aromatic heterocycles. The average molecular weight is 271 g/mol. The van der Waals surface area contributed by atoms with Crippen molar-refractivity contribution in [2.24, 2.45) is 0 Å². The highest BCUT2D eigenvalue weighted by Crippen LogP contribution is 2.30. The molecular weight excluding hydrogens is 250 g/mol. The van der Waals surface area contributed by atoms with Crippen LogP contribution in [0.15, 0.2) is 41.8 Å². The first kappa shape index (κ1) is 12.7. The van der Waals surface area contributed by atoms with E-state index in [9.17, 15) is 0 Å². The minimum atomic E-state index is 0.685. The third-order valence-corrected chi connectivity index (χ3v) is 4.77. The van der Waals surface area contributed by atoms with Gasteiger partial charge in [0.2, 0.25) is 0 Å². The number of rotatable bonds is 3. The summed E-state index contributed by atoms with van der Waals surface area (Å²) in [5.41, 5.74) is 2.65. The number of anilines is 1. The molecule has 1 N–H and O–H groups in total. The van der Waals surface area contributed by atoms with Crippen LogP contribution in [0.1, 0.15) is 38.5 Å². The molecule has 1 heterocycles. The van der Waals surface area contributed by atoms with Gasteiger partial charge in [-0.1, -0.05) is 56.0 Å². The summed E-state index contributed by atoms with van der Waals surface area (Å²) < 4.78 is 0. The molecule has 1 nitrogen and oxygen atoms in total. The molecule has 100 valence electrons. The first-order chi connectivity index (χ1) is 9.42. The molecule has 1 aliphatic carbocycles. The molecule has 0 saturated heterocycles. The zero-order chi connectivity index (χ0) is 12.9. The van der Waals surface area contributed by atoms with Gasteiger partial charge in [-0.25, -0.2) is 0 Å². The van der Waals surface area contributed by atoms with Crippen molar-refractivity contribution in [2.75, 3.05) is 5.32 Å². The number of hydrogen-bond acceptors (Lipinski definition) is 2. The molecule has 1 fully saturated rings. The Balaban J connectivity index is 1.68. The van der Waals surface area contributed by atoms with Crippen LogP contribution in [0.4, 0.5) is 5.00 Å². The second-order valence-electron chi connectivity index (χ2n) is 5.40. The summed E-state index contributed by atoms with van der Waals surface area (Å²) in [6.07, 6.45) is 8.26. The average Bonchev–Trinajstić information content (AvgIpc) is 2.76. The van der Waals surface area contributed by atoms with Gasteiger partial charge in [0.1, 0.15) is 0 Å². The largest absolute Gasteiger partial charge is 0.374 e. The van der Waals surface area contributed by atoms with Gasteiger partial charge in [-0.05, 0) is 30.0 Å². The molecule has 0 unspecified atom stereocenters. The maximum Gasteiger partial charge on any atom is 0.0891 e. The van der Waals surface area contributed by atoms with E-state index in [0.717, 1.165) is 0 Å². The summed E-state index contributed by atoms with van der Waals surface area (Å²) in [5.74, 6) is 0. The van der Waals surface area contributed by atoms with Crippen LogP contribution in [0, 0.1) is 0 Å². The topological polar surface area (TPSA) is 12.0 Å². The molecule has 0 radical (unpaired) electrons. The van der Waals surface area contributed by atoms with Crippen LogP contribution in [0.2, 0.25) is 0 Å². The Labute approximate surface area is 119 Å². The van der Waals surface area contributed by atoms with Crippen molar-refractivity contribution in [2.45, 2.75) is 44.6 Å². The van der Waals surface area contributed by atoms with Gasteiger partial charge in [-0.3, -0.25) is 0 Å². The number of nitrogens with one attached hydrogen (secondary N) is 1. The summed E-state index contributed by atoms with van der Waals surface area (Å²) >= 11 is 1.83. The lowest BCUT2D eigenvalue weighted by Gasteiger charge is -2.15. The Kier molecular flexibility index (Phi) is 4.19. The Hall–Kier alpha value is -1.28. The number of hydrogen-bond donors (Lipinski definition) is 1. The Bertz CT molecular complexity index is 495. The predicted octanol–water partition coefficient (Wildman–Crippen LogP) is 5.55. The highest BCUT2D eigenvalue weighted by atomic mass is 32.1. The molecule has 2 aromatic rings. The van der Waals surface area contributed by atoms with Gasteiger partial charge in [-0.15, -0.1) is 11.3 Å². The Morgan fingerprint density at radius 3 is 2.37 bits per heavy atom. The first-order valence-electron chi connectivity index (χ1n) is 7.32. The molecular formula is C17H21NS. The molecule has 1 aromatic carbocycles. The molecule has 3 rings (SSSR count). The second-order valence-corrected chi connectivity index (χ2v) is 6.31. The highest BCUT2D eigenvalue weighted by molar-refractivity contribution is 7.14. The van der Waals surface area contributed by atoms with Gasteiger partial charge >= 0.3 is 0 Å². The zero-order valence-corrected chi connectivity index (χ0v) is 12.1. The van der Waals surface area contributed by atoms with Gasteiger partial charge in [0.15, 0.2) is 0 Å². The van der Waals surface area contributed by atoms with E-state index in [1.54, 1.807) is 0 Å². The van der Waals surface area contributed by atoms with Crippen molar-refractivity contribution in [1.29, 1.82) is 0 Å². The van der Waals surface area contributed by atoms with E-state index in [4.69, 9.17) is 0 Å². The van der Waals surface area contributed by atoms with E-state index in [0.29, 0.717) is 6.04 Å². The second kappa shape index (κ2) is 6.25. The van der Waals surface area contributed by atoms with E-state index >= 15 is 0 Å². The van der Waals surface area contributed by atoms with Gasteiger partial charge in [-0.2, -0.15) is 0 Å². The van der Waals surface area contributed by atoms with Gasteiger partial charge < -0.3 is 5.32 Å². The zero-order valence-electron chi connectivity index (χ0n) is 11.3. The van der Waals surface area contributed by atoms with E-state index in [1.807, 2.05) is 11.3 Å². The van der Waals surface area contributed by atoms with Crippen LogP contribution >= 0.6 is 11.3 Å². The summed E-state index contributed by atoms with van der Waals surface area (Å²) in [5, 5.41) is 7.31. The molecule has 2 heteroatoms. The van der Waals surface area contributed by atoms with Gasteiger partial charge in [0.25, 0.3) is 0 Å². The van der Waals surface area contributed by atoms with Crippen LogP contribution < -0.4 is 5.32 Å². The maximum absolute atomic E-state index is 3.73. The summed E-state index contributed by atoms with van der Waals surface area (Å²) in [6.45, 7) is 0. The quantitative estimate of drug-likeness (QED) is 0.722. The summed E-state index contributed by atoms with van der Waals surface area (Å²) in [6, 6.07) is 13.6. The molecule has 0 bridgehead atoms. The van der Waals surface area contributed by atoms with E-state index in [1.165, 1.54) is 54.7 Å². The van der Waals surface area contributed by atoms with Gasteiger partial charge in [0, 0.05) is 11.4 Å². The van der Waals surface area contributed by atoms with Crippen molar-refractivity contribution in [1.82, 2.24) is 0 Å². The van der Waals surface area contributed by atoms with Crippen molar-refractivity contribution in [3.63, 3.8) is 0 Å². The number of thiophene rings is 1. The third kappa shape index (κ3) is 3.38. The number of benzene rings is 1. The van der Waals surface area contributed by atoms with Gasteiger partial charge in [0.05, 0.1) is 5.00 Å². The third-order valence-electron chi connectivity index (χ3n) is 3.91. The standard InChI is InChI=1S/C17H21NS/c1-2-7-11-16(10-6-1)18-17-12-15(13-19-17)14-8-4-3-5-9-14/h3-5,8-9,12-13,16,18H,1-2,6-7,10-11H2. The van der Waals surface area contributed by atoms with E-state index in [2.05, 4.69) is 47.1 Å². The fourth-order valence-corrected chi connectivity index (χ4v) is 3.71. The lowest BCUT2D eigenvalue weighted by atomic mass is 10.1. The van der Waals surface area contributed by atoms with Crippen molar-refractivity contribution in [3.05, 3.63) is 41.8 Å². The summed E-state index contributed by atoms with van der Waals surface area (Å²) in [4.78, 5) is 0. The van der Waals surface area contributed by atoms with Crippen LogP contribution in [0.25, 0.3) is 11.1 Å². The predicted molar refractivity (Wildman–Crippen MR) is 84.9 cm³/mol. The monoisotopic (exact) mass is 271 g/mol. The SMILES string of the molecule is c1ccc(-c2csc(NC3CCCCCC3)c2)cc1. The lowest BCUT2D eigenvalue weighted by molar-refractivity contribution is 0.621. The van der Waals surface area contributed by atoms with E-state index < -0.39 is 0 Å². The molecule has 0 amide bonds. The van der Waals surface area contributed by atoms with Crippen molar-refractivity contribution in [3.8, 4) is 11.1 Å². The Morgan fingerprint density at radius 2 is 1.63 bits per heavy atom. The molecule has 1 saturated carbocycles. The summed E-state index contributed by atoms with van der Waals surface area (Å²) in [7, 11) is 0. The molecule has 0 spiro atoms. The van der Waals surface area contributed by atoms with Crippen LogP contribution in [-0.4, -0.2) is 6.04 Å². The van der Waals surface area contributed by atoms with Crippen LogP contribution in [-0.2, 0) is 0 Å². The minimum absolute atomic E-state index is 0.685. The minimum Gasteiger partial charge on any atom is -0.374 e. The molecule has 1 aliphatic rings. The fourth-order valence-electron chi connectivity index (χ4n) is 2.82. The molecule has 0 atom stereocenters.